The minimum absolute atomic E-state index is 0.0587. The quantitative estimate of drug-likeness (QED) is 0.312. The van der Waals surface area contributed by atoms with Gasteiger partial charge in [-0.3, -0.25) is 4.79 Å². The van der Waals surface area contributed by atoms with Crippen LogP contribution in [-0.2, 0) is 9.53 Å². The van der Waals surface area contributed by atoms with Gasteiger partial charge in [-0.25, -0.2) is 14.4 Å². The zero-order valence-electron chi connectivity index (χ0n) is 19.6. The van der Waals surface area contributed by atoms with Crippen molar-refractivity contribution in [3.8, 4) is 11.5 Å². The van der Waals surface area contributed by atoms with Gasteiger partial charge in [0, 0.05) is 50.2 Å². The molecule has 0 saturated carbocycles. The van der Waals surface area contributed by atoms with Crippen LogP contribution in [0.4, 0.5) is 29.1 Å². The molecule has 2 heterocycles. The second-order valence-electron chi connectivity index (χ2n) is 8.24. The summed E-state index contributed by atoms with van der Waals surface area (Å²) in [6.45, 7) is 0.369. The molecule has 1 N–H and O–H groups in total. The maximum absolute atomic E-state index is 13.6. The molecule has 0 atom stereocenters. The largest absolute Gasteiger partial charge is 0.487 e. The number of hydrogen-bond donors (Lipinski definition) is 1. The number of nitrogens with zero attached hydrogens (tertiary/aromatic N) is 3. The van der Waals surface area contributed by atoms with Gasteiger partial charge < -0.3 is 24.4 Å². The van der Waals surface area contributed by atoms with Crippen LogP contribution in [0.3, 0.4) is 0 Å². The molecule has 13 heteroatoms. The summed E-state index contributed by atoms with van der Waals surface area (Å²) in [6.07, 6.45) is -3.59. The van der Waals surface area contributed by atoms with Gasteiger partial charge in [0.1, 0.15) is 30.7 Å². The molecule has 0 radical (unpaired) electrons. The number of hydrogen-bond acceptors (Lipinski definition) is 7. The van der Waals surface area contributed by atoms with E-state index in [9.17, 15) is 22.4 Å². The third-order valence-corrected chi connectivity index (χ3v) is 5.98. The fourth-order valence-corrected chi connectivity index (χ4v) is 4.03. The Kier molecular flexibility index (Phi) is 8.18. The monoisotopic (exact) mass is 542 g/mol. The van der Waals surface area contributed by atoms with Crippen molar-refractivity contribution >= 4 is 39.9 Å². The molecule has 4 rings (SSSR count). The van der Waals surface area contributed by atoms with Gasteiger partial charge in [-0.1, -0.05) is 11.6 Å². The number of methoxy groups -OCH3 is 1. The zero-order valence-corrected chi connectivity index (χ0v) is 20.4. The van der Waals surface area contributed by atoms with Gasteiger partial charge in [-0.2, -0.15) is 13.2 Å². The van der Waals surface area contributed by atoms with E-state index < -0.39 is 24.0 Å². The van der Waals surface area contributed by atoms with Gasteiger partial charge >= 0.3 is 12.1 Å². The number of piperidine rings is 1. The molecule has 198 valence electrons. The van der Waals surface area contributed by atoms with Crippen LogP contribution in [0.2, 0.25) is 5.02 Å². The van der Waals surface area contributed by atoms with Crippen LogP contribution in [0.15, 0.2) is 36.7 Å². The highest BCUT2D eigenvalue weighted by molar-refractivity contribution is 6.31. The molecule has 1 fully saturated rings. The fourth-order valence-electron chi connectivity index (χ4n) is 3.85. The Morgan fingerprint density at radius 1 is 1.14 bits per heavy atom. The molecular weight excluding hydrogens is 520 g/mol. The first kappa shape index (κ1) is 26.7. The maximum Gasteiger partial charge on any atom is 0.471 e. The number of likely N-dealkylation sites (tertiary alicyclic amines) is 1. The zero-order chi connectivity index (χ0) is 26.6. The number of alkyl halides is 3. The summed E-state index contributed by atoms with van der Waals surface area (Å²) in [5, 5.41) is 3.58. The molecule has 1 saturated heterocycles. The molecule has 1 amide bonds. The molecule has 0 unspecified atom stereocenters. The van der Waals surface area contributed by atoms with E-state index in [-0.39, 0.29) is 37.6 Å². The predicted octanol–water partition coefficient (Wildman–Crippen LogP) is 5.12. The van der Waals surface area contributed by atoms with Crippen LogP contribution in [-0.4, -0.2) is 66.5 Å². The van der Waals surface area contributed by atoms with Crippen molar-refractivity contribution in [2.24, 2.45) is 0 Å². The smallest absolute Gasteiger partial charge is 0.471 e. The standard InChI is InChI=1S/C24H23ClF4N4O4/c1-35-8-9-36-20-12-19-16(22(31-13-30-19)32-14-2-3-18(26)17(25)10-14)11-21(20)37-15-4-6-33(7-5-15)23(34)24(27,28)29/h2-3,10-13,15H,4-9H2,1H3,(H,30,31,32). The van der Waals surface area contributed by atoms with E-state index in [4.69, 9.17) is 25.8 Å². The molecule has 37 heavy (non-hydrogen) atoms. The van der Waals surface area contributed by atoms with Gasteiger partial charge in [-0.15, -0.1) is 0 Å². The lowest BCUT2D eigenvalue weighted by Gasteiger charge is -2.32. The number of aromatic nitrogens is 2. The second-order valence-corrected chi connectivity index (χ2v) is 8.65. The summed E-state index contributed by atoms with van der Waals surface area (Å²) in [6, 6.07) is 7.47. The molecule has 1 aromatic heterocycles. The Morgan fingerprint density at radius 3 is 2.57 bits per heavy atom. The first-order chi connectivity index (χ1) is 17.7. The van der Waals surface area contributed by atoms with Crippen molar-refractivity contribution < 1.29 is 36.6 Å². The minimum atomic E-state index is -4.91. The summed E-state index contributed by atoms with van der Waals surface area (Å²) in [4.78, 5) is 20.9. The number of halogens is 5. The summed E-state index contributed by atoms with van der Waals surface area (Å²) < 4.78 is 68.9. The lowest BCUT2D eigenvalue weighted by molar-refractivity contribution is -0.187. The highest BCUT2D eigenvalue weighted by Crippen LogP contribution is 2.37. The van der Waals surface area contributed by atoms with Crippen LogP contribution in [0.5, 0.6) is 11.5 Å². The third kappa shape index (κ3) is 6.50. The van der Waals surface area contributed by atoms with Crippen molar-refractivity contribution in [3.63, 3.8) is 0 Å². The maximum atomic E-state index is 13.6. The number of ether oxygens (including phenoxy) is 3. The Balaban J connectivity index is 1.59. The van der Waals surface area contributed by atoms with Crippen molar-refractivity contribution in [1.29, 1.82) is 0 Å². The number of anilines is 2. The lowest BCUT2D eigenvalue weighted by atomic mass is 10.1. The SMILES string of the molecule is COCCOc1cc2ncnc(Nc3ccc(F)c(Cl)c3)c2cc1OC1CCN(C(=O)C(F)(F)F)CC1. The van der Waals surface area contributed by atoms with E-state index in [0.29, 0.717) is 40.5 Å². The Hall–Kier alpha value is -3.38. The van der Waals surface area contributed by atoms with Crippen molar-refractivity contribution in [2.45, 2.75) is 25.1 Å². The average molecular weight is 543 g/mol. The van der Waals surface area contributed by atoms with Crippen LogP contribution in [0.1, 0.15) is 12.8 Å². The van der Waals surface area contributed by atoms with Crippen molar-refractivity contribution in [1.82, 2.24) is 14.9 Å². The third-order valence-electron chi connectivity index (χ3n) is 5.69. The van der Waals surface area contributed by atoms with E-state index in [0.717, 1.165) is 4.90 Å². The Morgan fingerprint density at radius 2 is 1.89 bits per heavy atom. The molecule has 0 spiro atoms. The molecule has 0 aliphatic carbocycles. The second kappa shape index (κ2) is 11.3. The van der Waals surface area contributed by atoms with Gasteiger partial charge in [0.25, 0.3) is 0 Å². The molecule has 2 aromatic carbocycles. The van der Waals surface area contributed by atoms with E-state index >= 15 is 0 Å². The summed E-state index contributed by atoms with van der Waals surface area (Å²) in [7, 11) is 1.53. The normalized spacial score (nSPS) is 14.6. The molecular formula is C24H23ClF4N4O4. The van der Waals surface area contributed by atoms with Crippen LogP contribution < -0.4 is 14.8 Å². The van der Waals surface area contributed by atoms with Gasteiger partial charge in [0.2, 0.25) is 0 Å². The highest BCUT2D eigenvalue weighted by Gasteiger charge is 2.43. The molecule has 1 aliphatic rings. The lowest BCUT2D eigenvalue weighted by Crippen LogP contribution is -2.47. The molecule has 8 nitrogen and oxygen atoms in total. The number of fused-ring (bicyclic) bond motifs is 1. The fraction of sp³-hybridized carbons (Fsp3) is 0.375. The average Bonchev–Trinajstić information content (AvgIpc) is 2.86. The number of amides is 1. The van der Waals surface area contributed by atoms with Crippen LogP contribution in [0, 0.1) is 5.82 Å². The van der Waals surface area contributed by atoms with Gasteiger partial charge in [0.05, 0.1) is 17.1 Å². The van der Waals surface area contributed by atoms with E-state index in [1.807, 2.05) is 0 Å². The molecule has 3 aromatic rings. The minimum Gasteiger partial charge on any atom is -0.487 e. The van der Waals surface area contributed by atoms with Crippen molar-refractivity contribution in [3.05, 3.63) is 47.5 Å². The summed E-state index contributed by atoms with van der Waals surface area (Å²) >= 11 is 5.89. The van der Waals surface area contributed by atoms with Crippen LogP contribution >= 0.6 is 11.6 Å². The topological polar surface area (TPSA) is 85.8 Å². The number of benzene rings is 2. The first-order valence-electron chi connectivity index (χ1n) is 11.3. The van der Waals surface area contributed by atoms with Gasteiger partial charge in [0.15, 0.2) is 11.5 Å². The first-order valence-corrected chi connectivity index (χ1v) is 11.7. The summed E-state index contributed by atoms with van der Waals surface area (Å²) in [5.74, 6) is -1.32. The number of rotatable bonds is 8. The number of nitrogens with one attached hydrogen (secondary N) is 1. The molecule has 0 bridgehead atoms. The van der Waals surface area contributed by atoms with Gasteiger partial charge in [-0.05, 0) is 24.3 Å². The number of carbonyl (C=O) groups excluding carboxylic acids is 1. The van der Waals surface area contributed by atoms with Crippen LogP contribution in [0.25, 0.3) is 10.9 Å². The molecule has 1 aliphatic heterocycles. The number of carbonyl (C=O) groups is 1. The van der Waals surface area contributed by atoms with E-state index in [1.54, 1.807) is 12.1 Å². The summed E-state index contributed by atoms with van der Waals surface area (Å²) in [5.41, 5.74) is 1.02. The Labute approximate surface area is 214 Å². The highest BCUT2D eigenvalue weighted by atomic mass is 35.5. The van der Waals surface area contributed by atoms with E-state index in [1.165, 1.54) is 31.6 Å². The predicted molar refractivity (Wildman–Crippen MR) is 128 cm³/mol. The van der Waals surface area contributed by atoms with E-state index in [2.05, 4.69) is 15.3 Å². The Bertz CT molecular complexity index is 1270. The van der Waals surface area contributed by atoms with Crippen molar-refractivity contribution in [2.75, 3.05) is 38.7 Å².